The van der Waals surface area contributed by atoms with E-state index < -0.39 is 17.8 Å². The van der Waals surface area contributed by atoms with Crippen molar-refractivity contribution in [2.24, 2.45) is 0 Å². The van der Waals surface area contributed by atoms with Crippen LogP contribution in [-0.2, 0) is 9.59 Å². The van der Waals surface area contributed by atoms with E-state index in [9.17, 15) is 14.4 Å². The van der Waals surface area contributed by atoms with Gasteiger partial charge in [-0.3, -0.25) is 14.9 Å². The minimum absolute atomic E-state index is 0.0760. The van der Waals surface area contributed by atoms with Gasteiger partial charge in [-0.15, -0.1) is 0 Å². The Hall–Kier alpha value is -3.93. The monoisotopic (exact) mass is 427 g/mol. The summed E-state index contributed by atoms with van der Waals surface area (Å²) in [5, 5.41) is 2.30. The lowest BCUT2D eigenvalue weighted by molar-refractivity contribution is -0.122. The van der Waals surface area contributed by atoms with E-state index in [0.29, 0.717) is 5.69 Å². The van der Waals surface area contributed by atoms with E-state index in [2.05, 4.69) is 9.88 Å². The summed E-state index contributed by atoms with van der Waals surface area (Å²) < 4.78 is 2.07. The fourth-order valence-corrected chi connectivity index (χ4v) is 4.15. The van der Waals surface area contributed by atoms with Crippen molar-refractivity contribution >= 4 is 29.6 Å². The first-order valence-corrected chi connectivity index (χ1v) is 10.4. The summed E-state index contributed by atoms with van der Waals surface area (Å²) in [4.78, 5) is 39.4. The van der Waals surface area contributed by atoms with Gasteiger partial charge in [0, 0.05) is 17.1 Å². The Balaban J connectivity index is 1.77. The Bertz CT molecular complexity index is 1280. The molecule has 2 heterocycles. The molecule has 32 heavy (non-hydrogen) atoms. The Morgan fingerprint density at radius 1 is 0.750 bits per heavy atom. The highest BCUT2D eigenvalue weighted by Gasteiger charge is 2.37. The molecule has 1 N–H and O–H groups in total. The Labute approximate surface area is 187 Å². The summed E-state index contributed by atoms with van der Waals surface area (Å²) in [6, 6.07) is 14.8. The van der Waals surface area contributed by atoms with Gasteiger partial charge in [0.2, 0.25) is 0 Å². The molecule has 3 aromatic rings. The van der Waals surface area contributed by atoms with Gasteiger partial charge in [-0.05, 0) is 87.7 Å². The van der Waals surface area contributed by atoms with Crippen molar-refractivity contribution in [2.45, 2.75) is 34.6 Å². The van der Waals surface area contributed by atoms with Gasteiger partial charge in [0.15, 0.2) is 0 Å². The van der Waals surface area contributed by atoms with Crippen molar-refractivity contribution in [3.05, 3.63) is 87.7 Å². The highest BCUT2D eigenvalue weighted by Crippen LogP contribution is 2.27. The Morgan fingerprint density at radius 3 is 2.00 bits per heavy atom. The van der Waals surface area contributed by atoms with Crippen LogP contribution in [0.15, 0.2) is 54.1 Å². The number of benzene rings is 2. The number of aryl methyl sites for hydroxylation is 4. The maximum absolute atomic E-state index is 13.3. The summed E-state index contributed by atoms with van der Waals surface area (Å²) in [6.07, 6.45) is 1.56. The normalized spacial score (nSPS) is 15.5. The first-order chi connectivity index (χ1) is 15.2. The lowest BCUT2D eigenvalue weighted by atomic mass is 10.1. The minimum atomic E-state index is -0.743. The first kappa shape index (κ1) is 21.3. The van der Waals surface area contributed by atoms with E-state index in [1.807, 2.05) is 71.0 Å². The van der Waals surface area contributed by atoms with Crippen LogP contribution in [0.5, 0.6) is 0 Å². The summed E-state index contributed by atoms with van der Waals surface area (Å²) in [5.41, 5.74) is 6.99. The largest absolute Gasteiger partial charge is 0.335 e. The molecular weight excluding hydrogens is 402 g/mol. The van der Waals surface area contributed by atoms with E-state index in [0.717, 1.165) is 38.7 Å². The molecule has 0 spiro atoms. The van der Waals surface area contributed by atoms with Gasteiger partial charge in [-0.1, -0.05) is 23.8 Å². The molecule has 0 saturated carbocycles. The molecular formula is C26H25N3O3. The van der Waals surface area contributed by atoms with Crippen molar-refractivity contribution in [1.82, 2.24) is 9.88 Å². The summed E-state index contributed by atoms with van der Waals surface area (Å²) in [7, 11) is 0. The van der Waals surface area contributed by atoms with Crippen molar-refractivity contribution in [1.29, 1.82) is 0 Å². The van der Waals surface area contributed by atoms with Crippen LogP contribution in [0.2, 0.25) is 0 Å². The molecule has 4 rings (SSSR count). The number of hydrogen-bond acceptors (Lipinski definition) is 3. The molecule has 1 aliphatic rings. The average molecular weight is 428 g/mol. The number of aromatic nitrogens is 1. The van der Waals surface area contributed by atoms with Crippen molar-refractivity contribution in [3.63, 3.8) is 0 Å². The topological polar surface area (TPSA) is 71.4 Å². The van der Waals surface area contributed by atoms with Crippen LogP contribution in [0.4, 0.5) is 10.5 Å². The van der Waals surface area contributed by atoms with E-state index in [-0.39, 0.29) is 5.57 Å². The average Bonchev–Trinajstić information content (AvgIpc) is 2.98. The van der Waals surface area contributed by atoms with E-state index >= 15 is 0 Å². The number of carbonyl (C=O) groups excluding carboxylic acids is 3. The molecule has 162 valence electrons. The molecule has 6 heteroatoms. The minimum Gasteiger partial charge on any atom is -0.318 e. The van der Waals surface area contributed by atoms with Crippen LogP contribution in [0.1, 0.15) is 33.6 Å². The molecule has 4 amide bonds. The van der Waals surface area contributed by atoms with Gasteiger partial charge in [-0.25, -0.2) is 9.69 Å². The van der Waals surface area contributed by atoms with Crippen molar-refractivity contribution in [2.75, 3.05) is 4.90 Å². The van der Waals surface area contributed by atoms with Gasteiger partial charge in [-0.2, -0.15) is 0 Å². The van der Waals surface area contributed by atoms with E-state index in [1.165, 1.54) is 5.56 Å². The lowest BCUT2D eigenvalue weighted by Crippen LogP contribution is -2.54. The van der Waals surface area contributed by atoms with Crippen LogP contribution in [0.25, 0.3) is 11.8 Å². The van der Waals surface area contributed by atoms with Crippen LogP contribution in [-0.4, -0.2) is 22.4 Å². The smallest absolute Gasteiger partial charge is 0.318 e. The SMILES string of the molecule is Cc1ccc(-n2c(C)cc(C=C3C(=O)NC(=O)N(c4cc(C)cc(C)c4)C3=O)c2C)cc1. The zero-order valence-corrected chi connectivity index (χ0v) is 18.8. The second-order valence-corrected chi connectivity index (χ2v) is 8.30. The predicted octanol–water partition coefficient (Wildman–Crippen LogP) is 4.69. The zero-order valence-electron chi connectivity index (χ0n) is 18.8. The van der Waals surface area contributed by atoms with Crippen molar-refractivity contribution < 1.29 is 14.4 Å². The molecule has 1 fully saturated rings. The van der Waals surface area contributed by atoms with Gasteiger partial charge >= 0.3 is 6.03 Å². The fraction of sp³-hybridized carbons (Fsp3) is 0.192. The quantitative estimate of drug-likeness (QED) is 0.487. The second-order valence-electron chi connectivity index (χ2n) is 8.30. The number of rotatable bonds is 3. The number of nitrogens with zero attached hydrogens (tertiary/aromatic N) is 2. The van der Waals surface area contributed by atoms with E-state index in [4.69, 9.17) is 0 Å². The Morgan fingerprint density at radius 2 is 1.38 bits per heavy atom. The maximum Gasteiger partial charge on any atom is 0.335 e. The third-order valence-corrected chi connectivity index (χ3v) is 5.63. The number of amides is 4. The summed E-state index contributed by atoms with van der Waals surface area (Å²) in [5.74, 6) is -1.33. The number of anilines is 1. The molecule has 0 aliphatic carbocycles. The number of carbonyl (C=O) groups is 3. The van der Waals surface area contributed by atoms with Gasteiger partial charge in [0.05, 0.1) is 5.69 Å². The highest BCUT2D eigenvalue weighted by atomic mass is 16.2. The molecule has 2 aromatic carbocycles. The predicted molar refractivity (Wildman–Crippen MR) is 125 cm³/mol. The second kappa shape index (κ2) is 7.96. The summed E-state index contributed by atoms with van der Waals surface area (Å²) in [6.45, 7) is 9.74. The standard InChI is InChI=1S/C26H25N3O3/c1-15-6-8-21(9-7-15)28-18(4)13-20(19(28)5)14-23-24(30)27-26(32)29(25(23)31)22-11-16(2)10-17(3)12-22/h6-14H,1-5H3,(H,27,30,32). The Kier molecular flexibility index (Phi) is 5.30. The van der Waals surface area contributed by atoms with Gasteiger partial charge < -0.3 is 4.57 Å². The molecule has 0 atom stereocenters. The van der Waals surface area contributed by atoms with Crippen molar-refractivity contribution in [3.8, 4) is 5.69 Å². The van der Waals surface area contributed by atoms with Crippen LogP contribution in [0.3, 0.4) is 0 Å². The van der Waals surface area contributed by atoms with Crippen LogP contribution < -0.4 is 10.2 Å². The lowest BCUT2D eigenvalue weighted by Gasteiger charge is -2.27. The zero-order chi connectivity index (χ0) is 23.2. The van der Waals surface area contributed by atoms with E-state index in [1.54, 1.807) is 18.2 Å². The molecule has 1 saturated heterocycles. The highest BCUT2D eigenvalue weighted by molar-refractivity contribution is 6.39. The molecule has 1 aromatic heterocycles. The van der Waals surface area contributed by atoms with Crippen LogP contribution >= 0.6 is 0 Å². The van der Waals surface area contributed by atoms with Gasteiger partial charge in [0.1, 0.15) is 5.57 Å². The maximum atomic E-state index is 13.3. The number of imide groups is 2. The first-order valence-electron chi connectivity index (χ1n) is 10.4. The molecule has 1 aliphatic heterocycles. The van der Waals surface area contributed by atoms with Gasteiger partial charge in [0.25, 0.3) is 11.8 Å². The summed E-state index contributed by atoms with van der Waals surface area (Å²) >= 11 is 0. The third kappa shape index (κ3) is 3.75. The molecule has 0 bridgehead atoms. The fourth-order valence-electron chi connectivity index (χ4n) is 4.15. The van der Waals surface area contributed by atoms with Crippen LogP contribution in [0, 0.1) is 34.6 Å². The number of urea groups is 1. The molecule has 6 nitrogen and oxygen atoms in total. The number of hydrogen-bond donors (Lipinski definition) is 1. The number of barbiturate groups is 1. The molecule has 0 radical (unpaired) electrons. The third-order valence-electron chi connectivity index (χ3n) is 5.63. The molecule has 0 unspecified atom stereocenters. The number of nitrogens with one attached hydrogen (secondary N) is 1.